The summed E-state index contributed by atoms with van der Waals surface area (Å²) in [5.74, 6) is 0.674. The van der Waals surface area contributed by atoms with Crippen LogP contribution in [0.1, 0.15) is 11.1 Å². The maximum absolute atomic E-state index is 7.71. The van der Waals surface area contributed by atoms with Crippen LogP contribution in [-0.2, 0) is 6.61 Å². The van der Waals surface area contributed by atoms with Gasteiger partial charge in [0.05, 0.1) is 5.56 Å². The highest BCUT2D eigenvalue weighted by atomic mass is 79.9. The lowest BCUT2D eigenvalue weighted by molar-refractivity contribution is 0.305. The minimum absolute atomic E-state index is 0.0285. The van der Waals surface area contributed by atoms with Crippen molar-refractivity contribution in [2.75, 3.05) is 6.26 Å². The lowest BCUT2D eigenvalue weighted by atomic mass is 10.2. The van der Waals surface area contributed by atoms with Crippen LogP contribution in [0.2, 0.25) is 0 Å². The Morgan fingerprint density at radius 1 is 1.25 bits per heavy atom. The van der Waals surface area contributed by atoms with Crippen LogP contribution >= 0.6 is 27.7 Å². The molecule has 0 aliphatic heterocycles. The molecular weight excluding hydrogens is 336 g/mol. The molecule has 3 N–H and O–H groups in total. The molecule has 0 saturated carbocycles. The molecule has 0 amide bonds. The van der Waals surface area contributed by atoms with Crippen molar-refractivity contribution in [2.45, 2.75) is 11.5 Å². The van der Waals surface area contributed by atoms with Gasteiger partial charge in [0.1, 0.15) is 18.2 Å². The van der Waals surface area contributed by atoms with Crippen LogP contribution in [-0.4, -0.2) is 12.1 Å². The predicted molar refractivity (Wildman–Crippen MR) is 87.7 cm³/mol. The minimum Gasteiger partial charge on any atom is -0.488 e. The number of hydrogen-bond donors (Lipinski definition) is 2. The molecule has 0 heterocycles. The van der Waals surface area contributed by atoms with Crippen molar-refractivity contribution in [1.82, 2.24) is 0 Å². The molecule has 2 aromatic rings. The summed E-state index contributed by atoms with van der Waals surface area (Å²) in [6.07, 6.45) is 1.96. The fourth-order valence-corrected chi connectivity index (χ4v) is 2.70. The van der Waals surface area contributed by atoms with Crippen molar-refractivity contribution in [3.8, 4) is 5.75 Å². The summed E-state index contributed by atoms with van der Waals surface area (Å²) in [4.78, 5) is 0.950. The van der Waals surface area contributed by atoms with Gasteiger partial charge in [0.2, 0.25) is 0 Å². The Balaban J connectivity index is 2.21. The highest BCUT2D eigenvalue weighted by Crippen LogP contribution is 2.29. The summed E-state index contributed by atoms with van der Waals surface area (Å²) in [6, 6.07) is 13.6. The lowest BCUT2D eigenvalue weighted by Crippen LogP contribution is -2.14. The highest BCUT2D eigenvalue weighted by Gasteiger charge is 2.12. The zero-order valence-electron chi connectivity index (χ0n) is 11.0. The van der Waals surface area contributed by atoms with Gasteiger partial charge in [-0.25, -0.2) is 0 Å². The molecule has 0 fully saturated rings. The summed E-state index contributed by atoms with van der Waals surface area (Å²) in [6.45, 7) is 0.450. The van der Waals surface area contributed by atoms with Crippen molar-refractivity contribution >= 4 is 33.5 Å². The first-order chi connectivity index (χ1) is 9.61. The molecule has 0 aliphatic carbocycles. The zero-order chi connectivity index (χ0) is 14.5. The first-order valence-corrected chi connectivity index (χ1v) is 8.02. The molecule has 2 aromatic carbocycles. The van der Waals surface area contributed by atoms with Crippen LogP contribution < -0.4 is 10.5 Å². The quantitative estimate of drug-likeness (QED) is 0.486. The van der Waals surface area contributed by atoms with Crippen molar-refractivity contribution < 1.29 is 4.74 Å². The Hall–Kier alpha value is -1.46. The van der Waals surface area contributed by atoms with Crippen LogP contribution in [0, 0.1) is 5.41 Å². The summed E-state index contributed by atoms with van der Waals surface area (Å²) in [5.41, 5.74) is 7.39. The molecule has 0 atom stereocenters. The van der Waals surface area contributed by atoms with E-state index in [4.69, 9.17) is 15.9 Å². The fraction of sp³-hybridized carbons (Fsp3) is 0.133. The van der Waals surface area contributed by atoms with Crippen LogP contribution in [0.5, 0.6) is 5.75 Å². The van der Waals surface area contributed by atoms with Crippen molar-refractivity contribution in [3.05, 3.63) is 58.1 Å². The Morgan fingerprint density at radius 2 is 1.95 bits per heavy atom. The second kappa shape index (κ2) is 6.81. The average Bonchev–Trinajstić information content (AvgIpc) is 2.46. The van der Waals surface area contributed by atoms with E-state index in [-0.39, 0.29) is 5.84 Å². The van der Waals surface area contributed by atoms with Crippen molar-refractivity contribution in [3.63, 3.8) is 0 Å². The molecule has 2 rings (SSSR count). The van der Waals surface area contributed by atoms with E-state index in [0.29, 0.717) is 17.9 Å². The minimum atomic E-state index is 0.0285. The average molecular weight is 351 g/mol. The van der Waals surface area contributed by atoms with E-state index in [9.17, 15) is 0 Å². The normalized spacial score (nSPS) is 10.3. The van der Waals surface area contributed by atoms with E-state index in [1.54, 1.807) is 11.8 Å². The predicted octanol–water partition coefficient (Wildman–Crippen LogP) is 4.03. The second-order valence-electron chi connectivity index (χ2n) is 4.16. The van der Waals surface area contributed by atoms with E-state index in [2.05, 4.69) is 15.9 Å². The topological polar surface area (TPSA) is 59.1 Å². The standard InChI is InChI=1S/C15H15BrN2OS/c1-20-13-4-2-3-12(14(13)15(17)18)19-9-10-5-7-11(16)8-6-10/h2-8H,9H2,1H3,(H3,17,18). The molecule has 5 heteroatoms. The molecule has 0 saturated heterocycles. The van der Waals surface area contributed by atoms with Gasteiger partial charge in [0, 0.05) is 9.37 Å². The number of thioether (sulfide) groups is 1. The number of benzene rings is 2. The summed E-state index contributed by atoms with van der Waals surface area (Å²) < 4.78 is 6.85. The van der Waals surface area contributed by atoms with Gasteiger partial charge >= 0.3 is 0 Å². The van der Waals surface area contributed by atoms with Crippen LogP contribution in [0.3, 0.4) is 0 Å². The molecule has 0 bridgehead atoms. The van der Waals surface area contributed by atoms with E-state index in [1.165, 1.54) is 0 Å². The van der Waals surface area contributed by atoms with Gasteiger partial charge in [-0.05, 0) is 36.1 Å². The first-order valence-electron chi connectivity index (χ1n) is 6.00. The van der Waals surface area contributed by atoms with Gasteiger partial charge in [0.25, 0.3) is 0 Å². The van der Waals surface area contributed by atoms with Gasteiger partial charge in [-0.15, -0.1) is 11.8 Å². The second-order valence-corrected chi connectivity index (χ2v) is 5.93. The largest absolute Gasteiger partial charge is 0.488 e. The van der Waals surface area contributed by atoms with Crippen molar-refractivity contribution in [1.29, 1.82) is 5.41 Å². The van der Waals surface area contributed by atoms with Gasteiger partial charge in [-0.2, -0.15) is 0 Å². The summed E-state index contributed by atoms with van der Waals surface area (Å²) in [7, 11) is 0. The van der Waals surface area contributed by atoms with E-state index in [1.807, 2.05) is 48.7 Å². The van der Waals surface area contributed by atoms with Crippen LogP contribution in [0.15, 0.2) is 51.8 Å². The van der Waals surface area contributed by atoms with Gasteiger partial charge in [-0.3, -0.25) is 5.41 Å². The molecule has 3 nitrogen and oxygen atoms in total. The molecule has 0 aliphatic rings. The van der Waals surface area contributed by atoms with Gasteiger partial charge in [0.15, 0.2) is 0 Å². The fourth-order valence-electron chi connectivity index (χ4n) is 1.81. The summed E-state index contributed by atoms with van der Waals surface area (Å²) >= 11 is 4.96. The third kappa shape index (κ3) is 3.55. The van der Waals surface area contributed by atoms with Crippen molar-refractivity contribution in [2.24, 2.45) is 5.73 Å². The number of nitrogens with two attached hydrogens (primary N) is 1. The van der Waals surface area contributed by atoms with Crippen LogP contribution in [0.25, 0.3) is 0 Å². The maximum atomic E-state index is 7.71. The SMILES string of the molecule is CSc1cccc(OCc2ccc(Br)cc2)c1C(=N)N. The third-order valence-corrected chi connectivity index (χ3v) is 4.09. The first kappa shape index (κ1) is 14.9. The molecule has 20 heavy (non-hydrogen) atoms. The third-order valence-electron chi connectivity index (χ3n) is 2.78. The number of nitrogens with one attached hydrogen (secondary N) is 1. The Bertz CT molecular complexity index is 614. The monoisotopic (exact) mass is 350 g/mol. The lowest BCUT2D eigenvalue weighted by Gasteiger charge is -2.13. The number of hydrogen-bond acceptors (Lipinski definition) is 3. The highest BCUT2D eigenvalue weighted by molar-refractivity contribution is 9.10. The van der Waals surface area contributed by atoms with E-state index in [0.717, 1.165) is 14.9 Å². The number of nitrogen functional groups attached to an aromatic ring is 1. The van der Waals surface area contributed by atoms with E-state index >= 15 is 0 Å². The Labute approximate surface area is 131 Å². The zero-order valence-corrected chi connectivity index (χ0v) is 13.4. The molecule has 0 aromatic heterocycles. The molecule has 0 radical (unpaired) electrons. The number of halogens is 1. The summed E-state index contributed by atoms with van der Waals surface area (Å²) in [5, 5.41) is 7.71. The van der Waals surface area contributed by atoms with E-state index < -0.39 is 0 Å². The smallest absolute Gasteiger partial charge is 0.131 e. The van der Waals surface area contributed by atoms with Crippen LogP contribution in [0.4, 0.5) is 0 Å². The Kier molecular flexibility index (Phi) is 5.09. The van der Waals surface area contributed by atoms with Gasteiger partial charge in [-0.1, -0.05) is 34.1 Å². The molecular formula is C15H15BrN2OS. The number of amidine groups is 1. The molecule has 104 valence electrons. The molecule has 0 unspecified atom stereocenters. The molecule has 0 spiro atoms. The maximum Gasteiger partial charge on any atom is 0.131 e. The number of ether oxygens (including phenoxy) is 1. The Morgan fingerprint density at radius 3 is 2.55 bits per heavy atom. The number of rotatable bonds is 5. The van der Waals surface area contributed by atoms with Gasteiger partial charge < -0.3 is 10.5 Å².